The van der Waals surface area contributed by atoms with E-state index in [-0.39, 0.29) is 11.5 Å². The van der Waals surface area contributed by atoms with Crippen LogP contribution in [0.2, 0.25) is 0 Å². The van der Waals surface area contributed by atoms with Crippen LogP contribution in [0.25, 0.3) is 0 Å². The minimum atomic E-state index is 0.0431. The summed E-state index contributed by atoms with van der Waals surface area (Å²) in [5.74, 6) is 0.0868. The van der Waals surface area contributed by atoms with E-state index < -0.39 is 0 Å². The number of hydrogen-bond donors (Lipinski definition) is 0. The van der Waals surface area contributed by atoms with Crippen molar-refractivity contribution in [2.45, 2.75) is 32.2 Å². The van der Waals surface area contributed by atoms with Gasteiger partial charge in [-0.3, -0.25) is 0 Å². The van der Waals surface area contributed by atoms with Crippen molar-refractivity contribution in [1.29, 1.82) is 10.5 Å². The first-order chi connectivity index (χ1) is 8.56. The summed E-state index contributed by atoms with van der Waals surface area (Å²) in [6.45, 7) is 5.14. The molecule has 1 saturated heterocycles. The Morgan fingerprint density at radius 2 is 2.11 bits per heavy atom. The maximum Gasteiger partial charge on any atom is 0.0992 e. The normalized spacial score (nSPS) is 22.0. The van der Waals surface area contributed by atoms with E-state index in [1.165, 1.54) is 0 Å². The smallest absolute Gasteiger partial charge is 0.0992 e. The van der Waals surface area contributed by atoms with Crippen molar-refractivity contribution in [3.63, 3.8) is 0 Å². The van der Waals surface area contributed by atoms with Crippen molar-refractivity contribution in [1.82, 2.24) is 0 Å². The molecule has 0 spiro atoms. The SMILES string of the molecule is CC1(C)CCC(C#N)CN1c1cccc(C#N)c1. The Morgan fingerprint density at radius 3 is 2.78 bits per heavy atom. The highest BCUT2D eigenvalue weighted by molar-refractivity contribution is 5.54. The maximum absolute atomic E-state index is 9.10. The van der Waals surface area contributed by atoms with E-state index in [2.05, 4.69) is 30.9 Å². The van der Waals surface area contributed by atoms with Crippen molar-refractivity contribution in [3.8, 4) is 12.1 Å². The number of piperidine rings is 1. The number of benzene rings is 1. The lowest BCUT2D eigenvalue weighted by Gasteiger charge is -2.45. The molecule has 0 aromatic heterocycles. The quantitative estimate of drug-likeness (QED) is 0.756. The second kappa shape index (κ2) is 4.70. The molecule has 1 aliphatic heterocycles. The van der Waals surface area contributed by atoms with Crippen LogP contribution in [0.4, 0.5) is 5.69 Å². The molecule has 0 amide bonds. The maximum atomic E-state index is 9.10. The van der Waals surface area contributed by atoms with Gasteiger partial charge in [-0.25, -0.2) is 0 Å². The fourth-order valence-corrected chi connectivity index (χ4v) is 2.52. The van der Waals surface area contributed by atoms with Crippen molar-refractivity contribution in [2.75, 3.05) is 11.4 Å². The van der Waals surface area contributed by atoms with E-state index >= 15 is 0 Å². The van der Waals surface area contributed by atoms with E-state index in [0.717, 1.165) is 25.1 Å². The van der Waals surface area contributed by atoms with Gasteiger partial charge < -0.3 is 4.90 Å². The number of rotatable bonds is 1. The molecular formula is C15H17N3. The van der Waals surface area contributed by atoms with Crippen LogP contribution in [-0.2, 0) is 0 Å². The highest BCUT2D eigenvalue weighted by atomic mass is 15.2. The molecule has 3 heteroatoms. The monoisotopic (exact) mass is 239 g/mol. The zero-order valence-corrected chi connectivity index (χ0v) is 10.8. The minimum Gasteiger partial charge on any atom is -0.365 e. The molecular weight excluding hydrogens is 222 g/mol. The first-order valence-electron chi connectivity index (χ1n) is 6.24. The average molecular weight is 239 g/mol. The van der Waals surface area contributed by atoms with E-state index in [4.69, 9.17) is 10.5 Å². The summed E-state index contributed by atoms with van der Waals surface area (Å²) in [5, 5.41) is 18.1. The Hall–Kier alpha value is -2.00. The van der Waals surface area contributed by atoms with Crippen molar-refractivity contribution >= 4 is 5.69 Å². The summed E-state index contributed by atoms with van der Waals surface area (Å²) >= 11 is 0. The first-order valence-corrected chi connectivity index (χ1v) is 6.24. The average Bonchev–Trinajstić information content (AvgIpc) is 2.38. The largest absolute Gasteiger partial charge is 0.365 e. The van der Waals surface area contributed by atoms with Gasteiger partial charge in [-0.2, -0.15) is 10.5 Å². The lowest BCUT2D eigenvalue weighted by atomic mass is 9.85. The molecule has 1 aromatic rings. The molecule has 1 atom stereocenters. The van der Waals surface area contributed by atoms with Crippen molar-refractivity contribution in [2.24, 2.45) is 5.92 Å². The number of anilines is 1. The topological polar surface area (TPSA) is 50.8 Å². The van der Waals surface area contributed by atoms with E-state index in [0.29, 0.717) is 5.56 Å². The van der Waals surface area contributed by atoms with Crippen LogP contribution in [0.1, 0.15) is 32.3 Å². The Labute approximate surface area is 108 Å². The molecule has 2 rings (SSSR count). The third-order valence-electron chi connectivity index (χ3n) is 3.71. The summed E-state index contributed by atoms with van der Waals surface area (Å²) in [6, 6.07) is 12.2. The van der Waals surface area contributed by atoms with Gasteiger partial charge in [0, 0.05) is 17.8 Å². The zero-order chi connectivity index (χ0) is 13.2. The van der Waals surface area contributed by atoms with Crippen LogP contribution >= 0.6 is 0 Å². The Morgan fingerprint density at radius 1 is 1.33 bits per heavy atom. The molecule has 1 aliphatic rings. The number of nitriles is 2. The third-order valence-corrected chi connectivity index (χ3v) is 3.71. The van der Waals surface area contributed by atoms with Gasteiger partial charge in [0.25, 0.3) is 0 Å². The molecule has 1 aromatic carbocycles. The molecule has 0 radical (unpaired) electrons. The molecule has 1 heterocycles. The molecule has 0 aliphatic carbocycles. The van der Waals surface area contributed by atoms with Gasteiger partial charge in [-0.05, 0) is 44.9 Å². The summed E-state index contributed by atoms with van der Waals surface area (Å²) in [6.07, 6.45) is 1.96. The van der Waals surface area contributed by atoms with Gasteiger partial charge in [0.1, 0.15) is 0 Å². The highest BCUT2D eigenvalue weighted by Crippen LogP contribution is 2.34. The predicted octanol–water partition coefficient (Wildman–Crippen LogP) is 3.08. The van der Waals surface area contributed by atoms with Gasteiger partial charge in [-0.1, -0.05) is 6.07 Å². The molecule has 1 fully saturated rings. The molecule has 18 heavy (non-hydrogen) atoms. The predicted molar refractivity (Wildman–Crippen MR) is 70.9 cm³/mol. The van der Waals surface area contributed by atoms with Crippen molar-refractivity contribution < 1.29 is 0 Å². The first kappa shape index (κ1) is 12.5. The fraction of sp³-hybridized carbons (Fsp3) is 0.467. The molecule has 1 unspecified atom stereocenters. The summed E-state index contributed by atoms with van der Waals surface area (Å²) in [7, 11) is 0. The van der Waals surface area contributed by atoms with Gasteiger partial charge in [-0.15, -0.1) is 0 Å². The van der Waals surface area contributed by atoms with Crippen LogP contribution in [0, 0.1) is 28.6 Å². The zero-order valence-electron chi connectivity index (χ0n) is 10.8. The van der Waals surface area contributed by atoms with E-state index in [1.807, 2.05) is 24.3 Å². The van der Waals surface area contributed by atoms with E-state index in [9.17, 15) is 0 Å². The second-order valence-electron chi connectivity index (χ2n) is 5.45. The summed E-state index contributed by atoms with van der Waals surface area (Å²) in [5.41, 5.74) is 1.75. The summed E-state index contributed by atoms with van der Waals surface area (Å²) in [4.78, 5) is 2.26. The minimum absolute atomic E-state index is 0.0431. The van der Waals surface area contributed by atoms with Gasteiger partial charge in [0.2, 0.25) is 0 Å². The van der Waals surface area contributed by atoms with Crippen molar-refractivity contribution in [3.05, 3.63) is 29.8 Å². The van der Waals surface area contributed by atoms with Gasteiger partial charge in [0.05, 0.1) is 23.6 Å². The Kier molecular flexibility index (Phi) is 3.26. The standard InChI is InChI=1S/C15H17N3/c1-15(2)7-6-13(10-17)11-18(15)14-5-3-4-12(8-14)9-16/h3-5,8,13H,6-7,11H2,1-2H3. The lowest BCUT2D eigenvalue weighted by molar-refractivity contribution is 0.325. The van der Waals surface area contributed by atoms with E-state index in [1.54, 1.807) is 0 Å². The van der Waals surface area contributed by atoms with Crippen LogP contribution in [0.5, 0.6) is 0 Å². The van der Waals surface area contributed by atoms with Gasteiger partial charge >= 0.3 is 0 Å². The molecule has 0 bridgehead atoms. The molecule has 3 nitrogen and oxygen atoms in total. The van der Waals surface area contributed by atoms with Crippen LogP contribution in [-0.4, -0.2) is 12.1 Å². The molecule has 0 N–H and O–H groups in total. The van der Waals surface area contributed by atoms with Crippen LogP contribution < -0.4 is 4.90 Å². The molecule has 0 saturated carbocycles. The third kappa shape index (κ3) is 2.31. The number of hydrogen-bond acceptors (Lipinski definition) is 3. The van der Waals surface area contributed by atoms with Crippen LogP contribution in [0.15, 0.2) is 24.3 Å². The lowest BCUT2D eigenvalue weighted by Crippen LogP contribution is -2.50. The second-order valence-corrected chi connectivity index (χ2v) is 5.45. The molecule has 92 valence electrons. The summed E-state index contributed by atoms with van der Waals surface area (Å²) < 4.78 is 0. The highest BCUT2D eigenvalue weighted by Gasteiger charge is 2.34. The van der Waals surface area contributed by atoms with Gasteiger partial charge in [0.15, 0.2) is 0 Å². The number of nitrogens with zero attached hydrogens (tertiary/aromatic N) is 3. The Balaban J connectivity index is 2.34. The van der Waals surface area contributed by atoms with Crippen LogP contribution in [0.3, 0.4) is 0 Å². The fourth-order valence-electron chi connectivity index (χ4n) is 2.52. The Bertz CT molecular complexity index is 519.